The number of allylic oxidation sites excluding steroid dienone is 2. The highest BCUT2D eigenvalue weighted by Crippen LogP contribution is 2.26. The molecule has 0 aromatic rings. The van der Waals surface area contributed by atoms with Crippen molar-refractivity contribution in [2.75, 3.05) is 0 Å². The summed E-state index contributed by atoms with van der Waals surface area (Å²) in [6.45, 7) is 4.42. The summed E-state index contributed by atoms with van der Waals surface area (Å²) in [7, 11) is 0. The zero-order valence-corrected chi connectivity index (χ0v) is 6.78. The molecular formula is C8H13Cl. The van der Waals surface area contributed by atoms with Crippen LogP contribution in [0.5, 0.6) is 0 Å². The highest BCUT2D eigenvalue weighted by Gasteiger charge is 2.15. The molecule has 0 saturated heterocycles. The molecule has 0 radical (unpaired) electrons. The van der Waals surface area contributed by atoms with E-state index in [1.807, 2.05) is 0 Å². The minimum absolute atomic E-state index is 0.392. The summed E-state index contributed by atoms with van der Waals surface area (Å²) in [5.41, 5.74) is 1.51. The lowest BCUT2D eigenvalue weighted by atomic mass is 9.90. The summed E-state index contributed by atoms with van der Waals surface area (Å²) in [6.07, 6.45) is 4.48. The normalized spacial score (nSPS) is 36.1. The van der Waals surface area contributed by atoms with E-state index in [1.165, 1.54) is 5.57 Å². The Balaban J connectivity index is 2.56. The summed E-state index contributed by atoms with van der Waals surface area (Å²) in [6, 6.07) is 0. The van der Waals surface area contributed by atoms with E-state index in [9.17, 15) is 0 Å². The molecule has 0 nitrogen and oxygen atoms in total. The van der Waals surface area contributed by atoms with Crippen LogP contribution in [0, 0.1) is 5.92 Å². The second kappa shape index (κ2) is 2.74. The monoisotopic (exact) mass is 144 g/mol. The van der Waals surface area contributed by atoms with Crippen LogP contribution >= 0.6 is 11.6 Å². The van der Waals surface area contributed by atoms with E-state index < -0.39 is 0 Å². The summed E-state index contributed by atoms with van der Waals surface area (Å²) < 4.78 is 0. The summed E-state index contributed by atoms with van der Waals surface area (Å²) >= 11 is 5.93. The van der Waals surface area contributed by atoms with Crippen LogP contribution in [0.25, 0.3) is 0 Å². The van der Waals surface area contributed by atoms with Crippen molar-refractivity contribution in [2.45, 2.75) is 32.1 Å². The molecule has 9 heavy (non-hydrogen) atoms. The quantitative estimate of drug-likeness (QED) is 0.362. The maximum absolute atomic E-state index is 5.93. The third-order valence-corrected chi connectivity index (χ3v) is 2.44. The van der Waals surface area contributed by atoms with Crippen LogP contribution < -0.4 is 0 Å². The molecule has 1 aliphatic carbocycles. The molecular weight excluding hydrogens is 132 g/mol. The van der Waals surface area contributed by atoms with Gasteiger partial charge >= 0.3 is 0 Å². The highest BCUT2D eigenvalue weighted by molar-refractivity contribution is 6.20. The van der Waals surface area contributed by atoms with Crippen LogP contribution in [0.15, 0.2) is 11.6 Å². The molecule has 2 atom stereocenters. The molecule has 0 aromatic heterocycles. The van der Waals surface area contributed by atoms with E-state index in [-0.39, 0.29) is 0 Å². The van der Waals surface area contributed by atoms with Gasteiger partial charge in [0.1, 0.15) is 0 Å². The van der Waals surface area contributed by atoms with Crippen LogP contribution in [0.3, 0.4) is 0 Å². The van der Waals surface area contributed by atoms with Gasteiger partial charge in [-0.15, -0.1) is 11.6 Å². The first kappa shape index (κ1) is 7.14. The summed E-state index contributed by atoms with van der Waals surface area (Å²) in [4.78, 5) is 0. The number of hydrogen-bond donors (Lipinski definition) is 0. The Bertz CT molecular complexity index is 127. The van der Waals surface area contributed by atoms with Crippen molar-refractivity contribution in [2.24, 2.45) is 5.92 Å². The maximum Gasteiger partial charge on any atom is 0.0376 e. The average molecular weight is 145 g/mol. The van der Waals surface area contributed by atoms with Crippen molar-refractivity contribution in [3.63, 3.8) is 0 Å². The first-order valence-corrected chi connectivity index (χ1v) is 3.94. The van der Waals surface area contributed by atoms with Crippen LogP contribution in [-0.4, -0.2) is 5.38 Å². The molecule has 0 aliphatic heterocycles. The van der Waals surface area contributed by atoms with E-state index in [4.69, 9.17) is 11.6 Å². The summed E-state index contributed by atoms with van der Waals surface area (Å²) in [5, 5.41) is 0.392. The predicted octanol–water partition coefficient (Wildman–Crippen LogP) is 2.97. The van der Waals surface area contributed by atoms with Crippen molar-refractivity contribution in [1.82, 2.24) is 0 Å². The smallest absolute Gasteiger partial charge is 0.0376 e. The van der Waals surface area contributed by atoms with E-state index in [0.29, 0.717) is 11.3 Å². The van der Waals surface area contributed by atoms with Gasteiger partial charge in [0.05, 0.1) is 0 Å². The van der Waals surface area contributed by atoms with E-state index in [2.05, 4.69) is 19.9 Å². The standard InChI is InChI=1S/C8H13Cl/c1-6-3-4-8(9)5-7(6)2/h3,7-8H,4-5H2,1-2H3. The lowest BCUT2D eigenvalue weighted by Gasteiger charge is -2.20. The predicted molar refractivity (Wildman–Crippen MR) is 41.8 cm³/mol. The Morgan fingerprint density at radius 1 is 1.67 bits per heavy atom. The zero-order chi connectivity index (χ0) is 6.85. The molecule has 1 heteroatoms. The molecule has 0 amide bonds. The van der Waals surface area contributed by atoms with Gasteiger partial charge in [-0.2, -0.15) is 0 Å². The van der Waals surface area contributed by atoms with Crippen LogP contribution in [-0.2, 0) is 0 Å². The van der Waals surface area contributed by atoms with Gasteiger partial charge in [-0.3, -0.25) is 0 Å². The minimum Gasteiger partial charge on any atom is -0.123 e. The fraction of sp³-hybridized carbons (Fsp3) is 0.750. The van der Waals surface area contributed by atoms with E-state index >= 15 is 0 Å². The molecule has 1 rings (SSSR count). The molecule has 0 saturated carbocycles. The van der Waals surface area contributed by atoms with Crippen molar-refractivity contribution in [3.05, 3.63) is 11.6 Å². The lowest BCUT2D eigenvalue weighted by Crippen LogP contribution is -2.11. The first-order chi connectivity index (χ1) is 4.20. The largest absolute Gasteiger partial charge is 0.123 e. The Kier molecular flexibility index (Phi) is 2.18. The Morgan fingerprint density at radius 2 is 2.33 bits per heavy atom. The molecule has 0 aromatic carbocycles. The Labute approximate surface area is 61.9 Å². The van der Waals surface area contributed by atoms with Gasteiger partial charge in [0.15, 0.2) is 0 Å². The van der Waals surface area contributed by atoms with Crippen LogP contribution in [0.4, 0.5) is 0 Å². The fourth-order valence-corrected chi connectivity index (χ4v) is 1.54. The molecule has 1 aliphatic rings. The molecule has 0 bridgehead atoms. The number of hydrogen-bond acceptors (Lipinski definition) is 0. The fourth-order valence-electron chi connectivity index (χ4n) is 1.18. The molecule has 52 valence electrons. The topological polar surface area (TPSA) is 0 Å². The third-order valence-electron chi connectivity index (χ3n) is 2.08. The zero-order valence-electron chi connectivity index (χ0n) is 6.02. The Morgan fingerprint density at radius 3 is 2.78 bits per heavy atom. The highest BCUT2D eigenvalue weighted by atomic mass is 35.5. The average Bonchev–Trinajstić information content (AvgIpc) is 1.80. The molecule has 2 unspecified atom stereocenters. The van der Waals surface area contributed by atoms with E-state index in [1.54, 1.807) is 0 Å². The second-order valence-electron chi connectivity index (χ2n) is 2.92. The van der Waals surface area contributed by atoms with E-state index in [0.717, 1.165) is 12.8 Å². The van der Waals surface area contributed by atoms with Gasteiger partial charge < -0.3 is 0 Å². The van der Waals surface area contributed by atoms with Gasteiger partial charge in [-0.1, -0.05) is 18.6 Å². The van der Waals surface area contributed by atoms with Crippen molar-refractivity contribution in [1.29, 1.82) is 0 Å². The SMILES string of the molecule is CC1=CCC(Cl)CC1C. The van der Waals surface area contributed by atoms with Crippen molar-refractivity contribution < 1.29 is 0 Å². The molecule has 0 spiro atoms. The number of rotatable bonds is 0. The van der Waals surface area contributed by atoms with Gasteiger partial charge in [0, 0.05) is 5.38 Å². The molecule has 0 fully saturated rings. The third kappa shape index (κ3) is 1.72. The van der Waals surface area contributed by atoms with Crippen LogP contribution in [0.2, 0.25) is 0 Å². The summed E-state index contributed by atoms with van der Waals surface area (Å²) in [5.74, 6) is 0.709. The second-order valence-corrected chi connectivity index (χ2v) is 3.54. The van der Waals surface area contributed by atoms with Gasteiger partial charge in [-0.25, -0.2) is 0 Å². The van der Waals surface area contributed by atoms with Gasteiger partial charge in [0.25, 0.3) is 0 Å². The van der Waals surface area contributed by atoms with Crippen LogP contribution in [0.1, 0.15) is 26.7 Å². The molecule has 0 heterocycles. The number of alkyl halides is 1. The minimum atomic E-state index is 0.392. The van der Waals surface area contributed by atoms with Gasteiger partial charge in [0.2, 0.25) is 0 Å². The lowest BCUT2D eigenvalue weighted by molar-refractivity contribution is 0.558. The first-order valence-electron chi connectivity index (χ1n) is 3.51. The Hall–Kier alpha value is 0.0300. The maximum atomic E-state index is 5.93. The van der Waals surface area contributed by atoms with Crippen molar-refractivity contribution in [3.8, 4) is 0 Å². The van der Waals surface area contributed by atoms with Crippen molar-refractivity contribution >= 4 is 11.6 Å². The van der Waals surface area contributed by atoms with Gasteiger partial charge in [-0.05, 0) is 25.7 Å². The number of halogens is 1. The molecule has 0 N–H and O–H groups in total.